The number of aromatic nitrogens is 1. The molecule has 138 valence electrons. The molecule has 2 aliphatic heterocycles. The van der Waals surface area contributed by atoms with E-state index in [0.29, 0.717) is 44.7 Å². The molecule has 27 heavy (non-hydrogen) atoms. The minimum Gasteiger partial charge on any atom is -0.339 e. The maximum absolute atomic E-state index is 12.6. The van der Waals surface area contributed by atoms with Gasteiger partial charge < -0.3 is 15.1 Å². The first-order chi connectivity index (χ1) is 13.1. The highest BCUT2D eigenvalue weighted by molar-refractivity contribution is 5.99. The van der Waals surface area contributed by atoms with Crippen molar-refractivity contribution in [3.05, 3.63) is 59.4 Å². The van der Waals surface area contributed by atoms with E-state index in [1.165, 1.54) is 0 Å². The number of carbonyl (C=O) groups is 3. The summed E-state index contributed by atoms with van der Waals surface area (Å²) in [6, 6.07) is 10.9. The van der Waals surface area contributed by atoms with Crippen molar-refractivity contribution in [3.63, 3.8) is 0 Å². The summed E-state index contributed by atoms with van der Waals surface area (Å²) in [5, 5.41) is 2.79. The molecule has 3 amide bonds. The first-order valence-electron chi connectivity index (χ1n) is 9.00. The molecule has 1 saturated heterocycles. The molecule has 3 heterocycles. The van der Waals surface area contributed by atoms with E-state index in [1.54, 1.807) is 34.2 Å². The zero-order chi connectivity index (χ0) is 18.8. The SMILES string of the molecule is O=C1Cc2cc(CC(=O)N3CCN(C(=O)c4ccccn4)CC3)ccc2N1. The van der Waals surface area contributed by atoms with Gasteiger partial charge >= 0.3 is 0 Å². The molecule has 1 fully saturated rings. The van der Waals surface area contributed by atoms with Crippen LogP contribution in [0.1, 0.15) is 21.6 Å². The molecular weight excluding hydrogens is 344 g/mol. The van der Waals surface area contributed by atoms with Crippen molar-refractivity contribution in [2.45, 2.75) is 12.8 Å². The van der Waals surface area contributed by atoms with Crippen LogP contribution in [0.2, 0.25) is 0 Å². The Balaban J connectivity index is 1.33. The van der Waals surface area contributed by atoms with Crippen LogP contribution in [-0.4, -0.2) is 58.7 Å². The number of hydrogen-bond donors (Lipinski definition) is 1. The molecule has 2 aromatic rings. The lowest BCUT2D eigenvalue weighted by Gasteiger charge is -2.34. The summed E-state index contributed by atoms with van der Waals surface area (Å²) in [5.74, 6) is -0.0715. The first kappa shape index (κ1) is 17.2. The number of anilines is 1. The lowest BCUT2D eigenvalue weighted by Crippen LogP contribution is -2.51. The molecule has 0 bridgehead atoms. The molecule has 0 aliphatic carbocycles. The molecule has 0 radical (unpaired) electrons. The van der Waals surface area contributed by atoms with Crippen molar-refractivity contribution in [2.75, 3.05) is 31.5 Å². The number of carbonyl (C=O) groups excluding carboxylic acids is 3. The third-order valence-electron chi connectivity index (χ3n) is 4.95. The quantitative estimate of drug-likeness (QED) is 0.884. The third kappa shape index (κ3) is 3.67. The fourth-order valence-electron chi connectivity index (χ4n) is 3.49. The second-order valence-corrected chi connectivity index (χ2v) is 6.78. The minimum atomic E-state index is -0.0986. The van der Waals surface area contributed by atoms with Crippen molar-refractivity contribution >= 4 is 23.4 Å². The summed E-state index contributed by atoms with van der Waals surface area (Å²) < 4.78 is 0. The second-order valence-electron chi connectivity index (χ2n) is 6.78. The van der Waals surface area contributed by atoms with Crippen LogP contribution in [0.3, 0.4) is 0 Å². The summed E-state index contributed by atoms with van der Waals surface area (Å²) in [6.07, 6.45) is 2.27. The predicted molar refractivity (Wildman–Crippen MR) is 99.2 cm³/mol. The van der Waals surface area contributed by atoms with Gasteiger partial charge in [-0.3, -0.25) is 19.4 Å². The van der Waals surface area contributed by atoms with E-state index < -0.39 is 0 Å². The van der Waals surface area contributed by atoms with Crippen molar-refractivity contribution < 1.29 is 14.4 Å². The molecular formula is C20H20N4O3. The van der Waals surface area contributed by atoms with Gasteiger partial charge in [-0.05, 0) is 29.3 Å². The van der Waals surface area contributed by atoms with Crippen LogP contribution < -0.4 is 5.32 Å². The topological polar surface area (TPSA) is 82.6 Å². The molecule has 7 heteroatoms. The smallest absolute Gasteiger partial charge is 0.272 e. The minimum absolute atomic E-state index is 0.0119. The van der Waals surface area contributed by atoms with Crippen LogP contribution in [0.4, 0.5) is 5.69 Å². The average molecular weight is 364 g/mol. The number of hydrogen-bond acceptors (Lipinski definition) is 4. The van der Waals surface area contributed by atoms with Gasteiger partial charge in [0.05, 0.1) is 12.8 Å². The van der Waals surface area contributed by atoms with E-state index >= 15 is 0 Å². The molecule has 2 aliphatic rings. The van der Waals surface area contributed by atoms with Gasteiger partial charge in [-0.15, -0.1) is 0 Å². The molecule has 1 N–H and O–H groups in total. The van der Waals surface area contributed by atoms with Crippen LogP contribution >= 0.6 is 0 Å². The van der Waals surface area contributed by atoms with Crippen LogP contribution in [0, 0.1) is 0 Å². The number of amides is 3. The zero-order valence-corrected chi connectivity index (χ0v) is 14.9. The van der Waals surface area contributed by atoms with E-state index in [9.17, 15) is 14.4 Å². The van der Waals surface area contributed by atoms with E-state index in [1.807, 2.05) is 18.2 Å². The van der Waals surface area contributed by atoms with Gasteiger partial charge in [0.2, 0.25) is 11.8 Å². The normalized spacial score (nSPS) is 16.1. The van der Waals surface area contributed by atoms with Crippen LogP contribution in [0.25, 0.3) is 0 Å². The molecule has 7 nitrogen and oxygen atoms in total. The van der Waals surface area contributed by atoms with Crippen LogP contribution in [0.15, 0.2) is 42.6 Å². The van der Waals surface area contributed by atoms with Crippen molar-refractivity contribution in [3.8, 4) is 0 Å². The second kappa shape index (κ2) is 7.19. The summed E-state index contributed by atoms with van der Waals surface area (Å²) in [5.41, 5.74) is 3.11. The highest BCUT2D eigenvalue weighted by Crippen LogP contribution is 2.24. The van der Waals surface area contributed by atoms with Gasteiger partial charge in [0.1, 0.15) is 5.69 Å². The Morgan fingerprint density at radius 1 is 1.04 bits per heavy atom. The number of pyridine rings is 1. The van der Waals surface area contributed by atoms with Gasteiger partial charge in [0.25, 0.3) is 5.91 Å². The number of fused-ring (bicyclic) bond motifs is 1. The third-order valence-corrected chi connectivity index (χ3v) is 4.95. The average Bonchev–Trinajstić information content (AvgIpc) is 3.07. The first-order valence-corrected chi connectivity index (χ1v) is 9.00. The molecule has 0 unspecified atom stereocenters. The number of nitrogens with zero attached hydrogens (tertiary/aromatic N) is 3. The number of rotatable bonds is 3. The monoisotopic (exact) mass is 364 g/mol. The fourth-order valence-corrected chi connectivity index (χ4v) is 3.49. The number of benzene rings is 1. The largest absolute Gasteiger partial charge is 0.339 e. The van der Waals surface area contributed by atoms with Gasteiger partial charge in [-0.25, -0.2) is 0 Å². The summed E-state index contributed by atoms with van der Waals surface area (Å²) in [4.78, 5) is 44.1. The highest BCUT2D eigenvalue weighted by Gasteiger charge is 2.26. The molecule has 4 rings (SSSR count). The van der Waals surface area contributed by atoms with Crippen LogP contribution in [0.5, 0.6) is 0 Å². The van der Waals surface area contributed by atoms with Crippen molar-refractivity contribution in [1.82, 2.24) is 14.8 Å². The predicted octanol–water partition coefficient (Wildman–Crippen LogP) is 1.10. The summed E-state index contributed by atoms with van der Waals surface area (Å²) in [7, 11) is 0. The van der Waals surface area contributed by atoms with Crippen LogP contribution in [-0.2, 0) is 22.4 Å². The van der Waals surface area contributed by atoms with Gasteiger partial charge in [-0.1, -0.05) is 18.2 Å². The van der Waals surface area contributed by atoms with E-state index in [-0.39, 0.29) is 17.7 Å². The maximum Gasteiger partial charge on any atom is 0.272 e. The van der Waals surface area contributed by atoms with Gasteiger partial charge in [0.15, 0.2) is 0 Å². The number of piperazine rings is 1. The van der Waals surface area contributed by atoms with E-state index in [0.717, 1.165) is 16.8 Å². The zero-order valence-electron chi connectivity index (χ0n) is 14.9. The van der Waals surface area contributed by atoms with Gasteiger partial charge in [-0.2, -0.15) is 0 Å². The Bertz CT molecular complexity index is 889. The Hall–Kier alpha value is -3.22. The van der Waals surface area contributed by atoms with Gasteiger partial charge in [0, 0.05) is 38.1 Å². The van der Waals surface area contributed by atoms with Crippen molar-refractivity contribution in [1.29, 1.82) is 0 Å². The summed E-state index contributed by atoms with van der Waals surface area (Å²) >= 11 is 0. The molecule has 0 spiro atoms. The highest BCUT2D eigenvalue weighted by atomic mass is 16.2. The van der Waals surface area contributed by atoms with E-state index in [4.69, 9.17) is 0 Å². The fraction of sp³-hybridized carbons (Fsp3) is 0.300. The molecule has 1 aromatic carbocycles. The Labute approximate surface area is 157 Å². The molecule has 0 saturated carbocycles. The Morgan fingerprint density at radius 2 is 1.81 bits per heavy atom. The lowest BCUT2D eigenvalue weighted by molar-refractivity contribution is -0.131. The Morgan fingerprint density at radius 3 is 2.56 bits per heavy atom. The molecule has 1 aromatic heterocycles. The lowest BCUT2D eigenvalue weighted by atomic mass is 10.1. The maximum atomic E-state index is 12.6. The van der Waals surface area contributed by atoms with Crippen molar-refractivity contribution in [2.24, 2.45) is 0 Å². The Kier molecular flexibility index (Phi) is 4.58. The summed E-state index contributed by atoms with van der Waals surface area (Å²) in [6.45, 7) is 2.04. The number of nitrogens with one attached hydrogen (secondary N) is 1. The standard InChI is InChI=1S/C20H20N4O3/c25-18-13-15-11-14(4-5-16(15)22-18)12-19(26)23-7-9-24(10-8-23)20(27)17-3-1-2-6-21-17/h1-6,11H,7-10,12-13H2,(H,22,25). The molecule has 0 atom stereocenters. The van der Waals surface area contributed by atoms with E-state index in [2.05, 4.69) is 10.3 Å².